The number of hydrogen-bond donors (Lipinski definition) is 0. The van der Waals surface area contributed by atoms with Gasteiger partial charge in [0.15, 0.2) is 0 Å². The summed E-state index contributed by atoms with van der Waals surface area (Å²) in [5.41, 5.74) is 0. The van der Waals surface area contributed by atoms with Gasteiger partial charge < -0.3 is 0 Å². The van der Waals surface area contributed by atoms with Gasteiger partial charge in [-0.2, -0.15) is 0 Å². The van der Waals surface area contributed by atoms with Crippen LogP contribution in [0.25, 0.3) is 0 Å². The minimum Gasteiger partial charge on any atom is -0.206 e. The van der Waals surface area contributed by atoms with Gasteiger partial charge in [-0.15, -0.1) is 22.9 Å². The predicted octanol–water partition coefficient (Wildman–Crippen LogP) is 4.19. The molecule has 0 unspecified atom stereocenters. The molecule has 0 bridgehead atoms. The first-order valence-electron chi connectivity index (χ1n) is 5.36. The summed E-state index contributed by atoms with van der Waals surface area (Å²) in [5.74, 6) is 0.615. The molecule has 1 aromatic heterocycles. The number of sulfonamides is 1. The summed E-state index contributed by atoms with van der Waals surface area (Å²) in [6.45, 7) is 0.492. The summed E-state index contributed by atoms with van der Waals surface area (Å²) in [6, 6.07) is 1.47. The molecule has 1 heterocycles. The topological polar surface area (TPSA) is 37.4 Å². The summed E-state index contributed by atoms with van der Waals surface area (Å²) in [7, 11) is -1.84. The Hall–Kier alpha value is 0.670. The monoisotopic (exact) mass is 393 g/mol. The molecule has 1 aromatic rings. The lowest BCUT2D eigenvalue weighted by molar-refractivity contribution is 0.456. The van der Waals surface area contributed by atoms with E-state index >= 15 is 0 Å². The SMILES string of the molecule is CN(CCCCCCl)S(=O)(=O)c1cc(Cl)c(Br)s1. The third kappa shape index (κ3) is 4.35. The average Bonchev–Trinajstić information content (AvgIpc) is 2.65. The summed E-state index contributed by atoms with van der Waals surface area (Å²) >= 11 is 15.8. The third-order valence-electron chi connectivity index (χ3n) is 2.39. The van der Waals surface area contributed by atoms with E-state index in [1.54, 1.807) is 7.05 Å². The predicted molar refractivity (Wildman–Crippen MR) is 81.4 cm³/mol. The van der Waals surface area contributed by atoms with Crippen molar-refractivity contribution in [3.8, 4) is 0 Å². The molecule has 0 saturated carbocycles. The Morgan fingerprint density at radius 2 is 2.06 bits per heavy atom. The number of hydrogen-bond acceptors (Lipinski definition) is 3. The highest BCUT2D eigenvalue weighted by molar-refractivity contribution is 9.11. The first kappa shape index (κ1) is 16.7. The molecule has 0 atom stereocenters. The van der Waals surface area contributed by atoms with E-state index in [9.17, 15) is 8.42 Å². The van der Waals surface area contributed by atoms with E-state index in [0.717, 1.165) is 30.6 Å². The van der Waals surface area contributed by atoms with E-state index in [2.05, 4.69) is 15.9 Å². The molecule has 0 spiro atoms. The number of thiophene rings is 1. The molecule has 1 rings (SSSR count). The molecule has 104 valence electrons. The van der Waals surface area contributed by atoms with Crippen molar-refractivity contribution in [2.45, 2.75) is 23.5 Å². The first-order chi connectivity index (χ1) is 8.39. The van der Waals surface area contributed by atoms with Crippen LogP contribution in [0.3, 0.4) is 0 Å². The molecule has 0 aliphatic heterocycles. The van der Waals surface area contributed by atoms with Crippen LogP contribution in [0.4, 0.5) is 0 Å². The van der Waals surface area contributed by atoms with E-state index < -0.39 is 10.0 Å². The van der Waals surface area contributed by atoms with Crippen molar-refractivity contribution in [1.82, 2.24) is 4.31 Å². The van der Waals surface area contributed by atoms with Crippen molar-refractivity contribution in [3.05, 3.63) is 14.9 Å². The van der Waals surface area contributed by atoms with E-state index in [1.807, 2.05) is 0 Å². The minimum atomic E-state index is -3.42. The molecule has 0 aliphatic rings. The molecule has 8 heteroatoms. The molecular formula is C10H14BrCl2NO2S2. The second-order valence-corrected chi connectivity index (χ2v) is 9.19. The highest BCUT2D eigenvalue weighted by Crippen LogP contribution is 2.35. The molecule has 0 aliphatic carbocycles. The van der Waals surface area contributed by atoms with Crippen LogP contribution < -0.4 is 0 Å². The fourth-order valence-electron chi connectivity index (χ4n) is 1.33. The summed E-state index contributed by atoms with van der Waals surface area (Å²) < 4.78 is 26.6. The van der Waals surface area contributed by atoms with Crippen LogP contribution in [-0.2, 0) is 10.0 Å². The number of unbranched alkanes of at least 4 members (excludes halogenated alkanes) is 2. The highest BCUT2D eigenvalue weighted by Gasteiger charge is 2.23. The van der Waals surface area contributed by atoms with Crippen LogP contribution in [0.1, 0.15) is 19.3 Å². The van der Waals surface area contributed by atoms with E-state index in [0.29, 0.717) is 21.2 Å². The normalized spacial score (nSPS) is 12.3. The van der Waals surface area contributed by atoms with Crippen molar-refractivity contribution < 1.29 is 8.42 Å². The zero-order chi connectivity index (χ0) is 13.8. The van der Waals surface area contributed by atoms with Gasteiger partial charge >= 0.3 is 0 Å². The summed E-state index contributed by atoms with van der Waals surface area (Å²) in [4.78, 5) is 0. The maximum Gasteiger partial charge on any atom is 0.252 e. The van der Waals surface area contributed by atoms with Gasteiger partial charge in [-0.1, -0.05) is 18.0 Å². The van der Waals surface area contributed by atoms with Crippen LogP contribution in [0, 0.1) is 0 Å². The maximum atomic E-state index is 12.2. The first-order valence-corrected chi connectivity index (χ1v) is 9.33. The van der Waals surface area contributed by atoms with Gasteiger partial charge in [0.05, 0.1) is 8.81 Å². The van der Waals surface area contributed by atoms with Crippen LogP contribution in [0.15, 0.2) is 14.1 Å². The number of halogens is 3. The van der Waals surface area contributed by atoms with Crippen LogP contribution in [0.5, 0.6) is 0 Å². The maximum absolute atomic E-state index is 12.2. The molecule has 0 fully saturated rings. The van der Waals surface area contributed by atoms with E-state index in [-0.39, 0.29) is 4.21 Å². The Morgan fingerprint density at radius 1 is 1.39 bits per heavy atom. The number of nitrogens with zero attached hydrogens (tertiary/aromatic N) is 1. The number of rotatable bonds is 7. The molecule has 0 saturated heterocycles. The highest BCUT2D eigenvalue weighted by atomic mass is 79.9. The fraction of sp³-hybridized carbons (Fsp3) is 0.600. The molecule has 0 aromatic carbocycles. The number of alkyl halides is 1. The average molecular weight is 395 g/mol. The van der Waals surface area contributed by atoms with Crippen LogP contribution in [0.2, 0.25) is 5.02 Å². The van der Waals surface area contributed by atoms with Gasteiger partial charge in [-0.05, 0) is 34.8 Å². The lowest BCUT2D eigenvalue weighted by Crippen LogP contribution is -2.27. The largest absolute Gasteiger partial charge is 0.252 e. The summed E-state index contributed by atoms with van der Waals surface area (Å²) in [5, 5.41) is 0.425. The Bertz CT molecular complexity index is 471. The second-order valence-electron chi connectivity index (χ2n) is 3.76. The Balaban J connectivity index is 2.68. The fourth-order valence-corrected chi connectivity index (χ4v) is 5.34. The third-order valence-corrected chi connectivity index (χ3v) is 7.44. The van der Waals surface area contributed by atoms with Crippen LogP contribution in [-0.4, -0.2) is 32.2 Å². The van der Waals surface area contributed by atoms with Gasteiger partial charge in [-0.3, -0.25) is 0 Å². The smallest absolute Gasteiger partial charge is 0.206 e. The van der Waals surface area contributed by atoms with Crippen molar-refractivity contribution in [1.29, 1.82) is 0 Å². The molecule has 0 amide bonds. The van der Waals surface area contributed by atoms with Crippen molar-refractivity contribution in [2.24, 2.45) is 0 Å². The van der Waals surface area contributed by atoms with Gasteiger partial charge in [-0.25, -0.2) is 12.7 Å². The quantitative estimate of drug-likeness (QED) is 0.513. The van der Waals surface area contributed by atoms with Crippen molar-refractivity contribution >= 4 is 60.5 Å². The van der Waals surface area contributed by atoms with E-state index in [4.69, 9.17) is 23.2 Å². The lowest BCUT2D eigenvalue weighted by Gasteiger charge is -2.15. The zero-order valence-corrected chi connectivity index (χ0v) is 14.6. The lowest BCUT2D eigenvalue weighted by atomic mass is 10.2. The van der Waals surface area contributed by atoms with Gasteiger partial charge in [0.2, 0.25) is 0 Å². The summed E-state index contributed by atoms with van der Waals surface area (Å²) in [6.07, 6.45) is 2.65. The molecule has 3 nitrogen and oxygen atoms in total. The molecule has 0 N–H and O–H groups in total. The van der Waals surface area contributed by atoms with Crippen molar-refractivity contribution in [3.63, 3.8) is 0 Å². The van der Waals surface area contributed by atoms with Gasteiger partial charge in [0.25, 0.3) is 10.0 Å². The van der Waals surface area contributed by atoms with Crippen LogP contribution >= 0.6 is 50.5 Å². The zero-order valence-electron chi connectivity index (χ0n) is 9.83. The molecular weight excluding hydrogens is 381 g/mol. The minimum absolute atomic E-state index is 0.263. The Kier molecular flexibility index (Phi) is 6.92. The van der Waals surface area contributed by atoms with Crippen molar-refractivity contribution in [2.75, 3.05) is 19.5 Å². The molecule has 0 radical (unpaired) electrons. The Morgan fingerprint density at radius 3 is 2.56 bits per heavy atom. The molecule has 18 heavy (non-hydrogen) atoms. The standard InChI is InChI=1S/C10H14BrCl2NO2S2/c1-14(6-4-2-3-5-12)18(15,16)9-7-8(13)10(11)17-9/h7H,2-6H2,1H3. The Labute approximate surface area is 130 Å². The van der Waals surface area contributed by atoms with E-state index in [1.165, 1.54) is 10.4 Å². The second kappa shape index (κ2) is 7.45. The van der Waals surface area contributed by atoms with Gasteiger partial charge in [0.1, 0.15) is 4.21 Å². The van der Waals surface area contributed by atoms with Gasteiger partial charge in [0, 0.05) is 19.5 Å².